The van der Waals surface area contributed by atoms with Crippen LogP contribution < -0.4 is 11.1 Å². The van der Waals surface area contributed by atoms with E-state index in [0.29, 0.717) is 11.3 Å². The number of aromatic amines is 1. The van der Waals surface area contributed by atoms with E-state index in [0.717, 1.165) is 24.3 Å². The van der Waals surface area contributed by atoms with Crippen LogP contribution in [0.15, 0.2) is 30.7 Å². The van der Waals surface area contributed by atoms with Gasteiger partial charge in [0.25, 0.3) is 0 Å². The predicted octanol–water partition coefficient (Wildman–Crippen LogP) is 1.52. The van der Waals surface area contributed by atoms with Crippen LogP contribution in [0.4, 0.5) is 11.4 Å². The van der Waals surface area contributed by atoms with Gasteiger partial charge in [-0.3, -0.25) is 0 Å². The number of hydrogen-bond donors (Lipinski definition) is 3. The molecule has 5 nitrogen and oxygen atoms in total. The molecule has 0 spiro atoms. The Morgan fingerprint density at radius 2 is 2.35 bits per heavy atom. The van der Waals surface area contributed by atoms with Gasteiger partial charge in [-0.2, -0.15) is 5.26 Å². The highest BCUT2D eigenvalue weighted by molar-refractivity contribution is 5.68. The largest absolute Gasteiger partial charge is 0.397 e. The van der Waals surface area contributed by atoms with E-state index in [-0.39, 0.29) is 0 Å². The average molecular weight is 227 g/mol. The normalized spacial score (nSPS) is 9.82. The molecule has 0 aliphatic rings. The number of imidazole rings is 1. The van der Waals surface area contributed by atoms with Gasteiger partial charge in [-0.25, -0.2) is 4.98 Å². The van der Waals surface area contributed by atoms with Crippen molar-refractivity contribution in [2.75, 3.05) is 17.6 Å². The fourth-order valence-corrected chi connectivity index (χ4v) is 1.53. The monoisotopic (exact) mass is 227 g/mol. The van der Waals surface area contributed by atoms with Crippen LogP contribution in [-0.4, -0.2) is 16.5 Å². The lowest BCUT2D eigenvalue weighted by Gasteiger charge is -2.08. The third kappa shape index (κ3) is 2.75. The molecule has 5 heteroatoms. The van der Waals surface area contributed by atoms with E-state index >= 15 is 0 Å². The van der Waals surface area contributed by atoms with E-state index in [1.165, 1.54) is 0 Å². The molecule has 0 aliphatic heterocycles. The van der Waals surface area contributed by atoms with Crippen molar-refractivity contribution in [2.24, 2.45) is 0 Å². The van der Waals surface area contributed by atoms with Crippen molar-refractivity contribution in [1.82, 2.24) is 9.97 Å². The molecular formula is C12H13N5. The standard InChI is InChI=1S/C12H13N5/c13-6-9-1-2-11(14)12(5-9)16-4-3-10-7-15-8-17-10/h1-2,5,7-8,16H,3-4,14H2,(H,15,17). The second-order valence-electron chi connectivity index (χ2n) is 3.67. The summed E-state index contributed by atoms with van der Waals surface area (Å²) in [6.45, 7) is 0.737. The Labute approximate surface area is 99.3 Å². The molecule has 1 aromatic carbocycles. The summed E-state index contributed by atoms with van der Waals surface area (Å²) in [6, 6.07) is 7.28. The number of aromatic nitrogens is 2. The summed E-state index contributed by atoms with van der Waals surface area (Å²) in [5, 5.41) is 12.0. The Morgan fingerprint density at radius 1 is 1.47 bits per heavy atom. The Kier molecular flexibility index (Phi) is 3.26. The minimum Gasteiger partial charge on any atom is -0.397 e. The zero-order valence-electron chi connectivity index (χ0n) is 9.27. The number of nitrogens with two attached hydrogens (primary N) is 1. The van der Waals surface area contributed by atoms with Crippen molar-refractivity contribution < 1.29 is 0 Å². The van der Waals surface area contributed by atoms with Crippen molar-refractivity contribution in [3.8, 4) is 6.07 Å². The van der Waals surface area contributed by atoms with Crippen LogP contribution >= 0.6 is 0 Å². The van der Waals surface area contributed by atoms with Gasteiger partial charge in [0.1, 0.15) is 0 Å². The minimum absolute atomic E-state index is 0.600. The lowest BCUT2D eigenvalue weighted by Crippen LogP contribution is -2.07. The molecule has 0 fully saturated rings. The first-order valence-electron chi connectivity index (χ1n) is 5.30. The van der Waals surface area contributed by atoms with Gasteiger partial charge < -0.3 is 16.0 Å². The van der Waals surface area contributed by atoms with Crippen LogP contribution in [0.5, 0.6) is 0 Å². The zero-order valence-corrected chi connectivity index (χ0v) is 9.27. The number of nitrogens with one attached hydrogen (secondary N) is 2. The number of nitrogens with zero attached hydrogens (tertiary/aromatic N) is 2. The maximum atomic E-state index is 8.80. The molecule has 0 amide bonds. The highest BCUT2D eigenvalue weighted by Gasteiger charge is 2.00. The van der Waals surface area contributed by atoms with E-state index in [2.05, 4.69) is 21.4 Å². The molecule has 0 aliphatic carbocycles. The maximum Gasteiger partial charge on any atom is 0.0992 e. The summed E-state index contributed by atoms with van der Waals surface area (Å²) < 4.78 is 0. The van der Waals surface area contributed by atoms with Crippen LogP contribution in [0.2, 0.25) is 0 Å². The number of benzene rings is 1. The number of hydrogen-bond acceptors (Lipinski definition) is 4. The maximum absolute atomic E-state index is 8.80. The first kappa shape index (κ1) is 11.0. The molecule has 0 unspecified atom stereocenters. The van der Waals surface area contributed by atoms with Crippen molar-refractivity contribution in [1.29, 1.82) is 5.26 Å². The molecule has 4 N–H and O–H groups in total. The predicted molar refractivity (Wildman–Crippen MR) is 66.4 cm³/mol. The molecular weight excluding hydrogens is 214 g/mol. The van der Waals surface area contributed by atoms with Crippen LogP contribution in [0.1, 0.15) is 11.3 Å². The molecule has 2 aromatic rings. The van der Waals surface area contributed by atoms with Gasteiger partial charge in [-0.15, -0.1) is 0 Å². The van der Waals surface area contributed by atoms with E-state index < -0.39 is 0 Å². The van der Waals surface area contributed by atoms with Gasteiger partial charge in [0.15, 0.2) is 0 Å². The number of rotatable bonds is 4. The van der Waals surface area contributed by atoms with E-state index in [1.54, 1.807) is 30.7 Å². The second kappa shape index (κ2) is 5.03. The van der Waals surface area contributed by atoms with E-state index in [9.17, 15) is 0 Å². The second-order valence-corrected chi connectivity index (χ2v) is 3.67. The highest BCUT2D eigenvalue weighted by atomic mass is 14.9. The smallest absolute Gasteiger partial charge is 0.0992 e. The number of nitriles is 1. The molecule has 0 saturated carbocycles. The van der Waals surface area contributed by atoms with Gasteiger partial charge in [0.05, 0.1) is 29.3 Å². The Bertz CT molecular complexity index is 524. The summed E-state index contributed by atoms with van der Waals surface area (Å²) >= 11 is 0. The Morgan fingerprint density at radius 3 is 3.06 bits per heavy atom. The molecule has 0 atom stereocenters. The quantitative estimate of drug-likeness (QED) is 0.691. The van der Waals surface area contributed by atoms with Gasteiger partial charge in [0.2, 0.25) is 0 Å². The van der Waals surface area contributed by atoms with Gasteiger partial charge in [0, 0.05) is 24.9 Å². The lowest BCUT2D eigenvalue weighted by atomic mass is 10.2. The first-order chi connectivity index (χ1) is 8.29. The summed E-state index contributed by atoms with van der Waals surface area (Å²) in [6.07, 6.45) is 4.27. The van der Waals surface area contributed by atoms with Gasteiger partial charge in [-0.05, 0) is 18.2 Å². The van der Waals surface area contributed by atoms with Crippen molar-refractivity contribution in [3.05, 3.63) is 42.0 Å². The van der Waals surface area contributed by atoms with Gasteiger partial charge in [-0.1, -0.05) is 0 Å². The fraction of sp³-hybridized carbons (Fsp3) is 0.167. The minimum atomic E-state index is 0.600. The van der Waals surface area contributed by atoms with E-state index in [4.69, 9.17) is 11.0 Å². The average Bonchev–Trinajstić information content (AvgIpc) is 2.84. The molecule has 0 radical (unpaired) electrons. The lowest BCUT2D eigenvalue weighted by molar-refractivity contribution is 0.977. The summed E-state index contributed by atoms with van der Waals surface area (Å²) in [4.78, 5) is 6.97. The molecule has 17 heavy (non-hydrogen) atoms. The highest BCUT2D eigenvalue weighted by Crippen LogP contribution is 2.19. The summed E-state index contributed by atoms with van der Waals surface area (Å²) in [5.41, 5.74) is 8.92. The molecule has 0 bridgehead atoms. The first-order valence-corrected chi connectivity index (χ1v) is 5.30. The summed E-state index contributed by atoms with van der Waals surface area (Å²) in [5.74, 6) is 0. The third-order valence-electron chi connectivity index (χ3n) is 2.45. The fourth-order valence-electron chi connectivity index (χ4n) is 1.53. The van der Waals surface area contributed by atoms with Crippen LogP contribution in [0, 0.1) is 11.3 Å². The molecule has 1 heterocycles. The topological polar surface area (TPSA) is 90.5 Å². The molecule has 0 saturated heterocycles. The summed E-state index contributed by atoms with van der Waals surface area (Å²) in [7, 11) is 0. The zero-order chi connectivity index (χ0) is 12.1. The SMILES string of the molecule is N#Cc1ccc(N)c(NCCc2cnc[nH]2)c1. The van der Waals surface area contributed by atoms with Crippen LogP contribution in [0.3, 0.4) is 0 Å². The van der Waals surface area contributed by atoms with Crippen molar-refractivity contribution >= 4 is 11.4 Å². The number of H-pyrrole nitrogens is 1. The third-order valence-corrected chi connectivity index (χ3v) is 2.45. The Balaban J connectivity index is 1.97. The van der Waals surface area contributed by atoms with Crippen molar-refractivity contribution in [3.63, 3.8) is 0 Å². The molecule has 86 valence electrons. The van der Waals surface area contributed by atoms with Gasteiger partial charge >= 0.3 is 0 Å². The Hall–Kier alpha value is -2.48. The van der Waals surface area contributed by atoms with E-state index in [1.807, 2.05) is 0 Å². The van der Waals surface area contributed by atoms with Crippen molar-refractivity contribution in [2.45, 2.75) is 6.42 Å². The molecule has 1 aromatic heterocycles. The molecule has 2 rings (SSSR count). The van der Waals surface area contributed by atoms with Crippen LogP contribution in [0.25, 0.3) is 0 Å². The van der Waals surface area contributed by atoms with Crippen LogP contribution in [-0.2, 0) is 6.42 Å². The number of anilines is 2. The number of nitrogen functional groups attached to an aromatic ring is 1.